The van der Waals surface area contributed by atoms with E-state index in [1.165, 1.54) is 19.3 Å². The maximum atomic E-state index is 9.80. The van der Waals surface area contributed by atoms with Gasteiger partial charge in [0, 0.05) is 0 Å². The minimum atomic E-state index is -0.0524. The maximum absolute atomic E-state index is 9.80. The summed E-state index contributed by atoms with van der Waals surface area (Å²) in [6, 6.07) is 0. The number of rotatable bonds is 2. The molecule has 1 nitrogen and oxygen atoms in total. The molecule has 0 spiro atoms. The first-order chi connectivity index (χ1) is 7.00. The first kappa shape index (κ1) is 15.0. The molecule has 0 aromatic heterocycles. The molecule has 2 atom stereocenters. The highest BCUT2D eigenvalue weighted by atomic mass is 16.3. The summed E-state index contributed by atoms with van der Waals surface area (Å²) in [5, 5.41) is 9.80. The molecule has 1 saturated carbocycles. The molecule has 0 amide bonds. The molecule has 2 unspecified atom stereocenters. The Labute approximate surface area is 96.3 Å². The van der Waals surface area contributed by atoms with E-state index in [0.717, 1.165) is 11.8 Å². The molecule has 1 fully saturated rings. The van der Waals surface area contributed by atoms with E-state index in [9.17, 15) is 5.11 Å². The predicted molar refractivity (Wildman–Crippen MR) is 67.9 cm³/mol. The summed E-state index contributed by atoms with van der Waals surface area (Å²) in [5.74, 6) is 2.67. The third kappa shape index (κ3) is 5.01. The van der Waals surface area contributed by atoms with E-state index < -0.39 is 0 Å². The number of hydrogen-bond donors (Lipinski definition) is 1. The lowest BCUT2D eigenvalue weighted by Crippen LogP contribution is -2.34. The molecule has 1 aliphatic carbocycles. The molecule has 0 bridgehead atoms. The van der Waals surface area contributed by atoms with Gasteiger partial charge < -0.3 is 5.11 Å². The van der Waals surface area contributed by atoms with Crippen molar-refractivity contribution in [2.24, 2.45) is 23.7 Å². The Morgan fingerprint density at radius 3 is 1.80 bits per heavy atom. The Kier molecular flexibility index (Phi) is 7.25. The predicted octanol–water partition coefficient (Wildman–Crippen LogP) is 4.10. The highest BCUT2D eigenvalue weighted by Gasteiger charge is 2.31. The molecule has 0 radical (unpaired) electrons. The smallest absolute Gasteiger partial charge is 0.0591 e. The van der Waals surface area contributed by atoms with Crippen molar-refractivity contribution in [3.8, 4) is 0 Å². The van der Waals surface area contributed by atoms with E-state index in [1.807, 2.05) is 13.8 Å². The fraction of sp³-hybridized carbons (Fsp3) is 1.00. The molecule has 0 aromatic rings. The zero-order valence-electron chi connectivity index (χ0n) is 11.5. The summed E-state index contributed by atoms with van der Waals surface area (Å²) in [6.45, 7) is 13.0. The average molecular weight is 214 g/mol. The topological polar surface area (TPSA) is 20.2 Å². The van der Waals surface area contributed by atoms with Crippen LogP contribution in [0, 0.1) is 23.7 Å². The summed E-state index contributed by atoms with van der Waals surface area (Å²) in [4.78, 5) is 0. The van der Waals surface area contributed by atoms with Gasteiger partial charge in [0.25, 0.3) is 0 Å². The van der Waals surface area contributed by atoms with Crippen molar-refractivity contribution in [1.29, 1.82) is 0 Å². The number of aliphatic hydroxyl groups is 1. The molecule has 92 valence electrons. The van der Waals surface area contributed by atoms with Crippen LogP contribution in [0.25, 0.3) is 0 Å². The number of aliphatic hydroxyl groups excluding tert-OH is 1. The zero-order valence-corrected chi connectivity index (χ0v) is 11.5. The Morgan fingerprint density at radius 1 is 1.07 bits per heavy atom. The Balaban J connectivity index is 0.000000921. The molecule has 0 heterocycles. The van der Waals surface area contributed by atoms with Crippen molar-refractivity contribution in [2.45, 2.75) is 66.9 Å². The second kappa shape index (κ2) is 7.27. The minimum Gasteiger partial charge on any atom is -0.393 e. The van der Waals surface area contributed by atoms with E-state index in [4.69, 9.17) is 0 Å². The van der Waals surface area contributed by atoms with E-state index in [1.54, 1.807) is 0 Å². The molecule has 0 aromatic carbocycles. The molecule has 1 heteroatoms. The van der Waals surface area contributed by atoms with Crippen molar-refractivity contribution >= 4 is 0 Å². The summed E-state index contributed by atoms with van der Waals surface area (Å²) in [6.07, 6.45) is 3.73. The SMILES string of the molecule is CC.CC(C)CC1CC(C)C(O)C(C)C1. The largest absolute Gasteiger partial charge is 0.393 e. The van der Waals surface area contributed by atoms with Crippen LogP contribution in [0.3, 0.4) is 0 Å². The van der Waals surface area contributed by atoms with Gasteiger partial charge in [-0.2, -0.15) is 0 Å². The standard InChI is InChI=1S/C12H24O.C2H6/c1-8(2)5-11-6-9(3)12(13)10(4)7-11;1-2/h8-13H,5-7H2,1-4H3;1-2H3. The Bertz CT molecular complexity index is 141. The Morgan fingerprint density at radius 2 is 1.47 bits per heavy atom. The van der Waals surface area contributed by atoms with Crippen LogP contribution in [-0.4, -0.2) is 11.2 Å². The van der Waals surface area contributed by atoms with Gasteiger partial charge >= 0.3 is 0 Å². The molecule has 0 aliphatic heterocycles. The van der Waals surface area contributed by atoms with Crippen LogP contribution in [0.5, 0.6) is 0 Å². The minimum absolute atomic E-state index is 0.0524. The van der Waals surface area contributed by atoms with Gasteiger partial charge in [0.1, 0.15) is 0 Å². The van der Waals surface area contributed by atoms with E-state index in [2.05, 4.69) is 27.7 Å². The summed E-state index contributed by atoms with van der Waals surface area (Å²) in [5.41, 5.74) is 0. The highest BCUT2D eigenvalue weighted by Crippen LogP contribution is 2.36. The van der Waals surface area contributed by atoms with Gasteiger partial charge in [-0.25, -0.2) is 0 Å². The summed E-state index contributed by atoms with van der Waals surface area (Å²) >= 11 is 0. The summed E-state index contributed by atoms with van der Waals surface area (Å²) < 4.78 is 0. The van der Waals surface area contributed by atoms with Gasteiger partial charge in [0.15, 0.2) is 0 Å². The summed E-state index contributed by atoms with van der Waals surface area (Å²) in [7, 11) is 0. The monoisotopic (exact) mass is 214 g/mol. The lowest BCUT2D eigenvalue weighted by Gasteiger charge is -2.36. The molecule has 1 N–H and O–H groups in total. The van der Waals surface area contributed by atoms with Gasteiger partial charge in [-0.15, -0.1) is 0 Å². The van der Waals surface area contributed by atoms with Gasteiger partial charge in [-0.05, 0) is 42.9 Å². The van der Waals surface area contributed by atoms with Crippen LogP contribution in [0.1, 0.15) is 60.8 Å². The normalized spacial score (nSPS) is 36.0. The molecule has 15 heavy (non-hydrogen) atoms. The van der Waals surface area contributed by atoms with Gasteiger partial charge in [0.05, 0.1) is 6.10 Å². The zero-order chi connectivity index (χ0) is 12.0. The molecular weight excluding hydrogens is 184 g/mol. The van der Waals surface area contributed by atoms with Crippen LogP contribution in [0.15, 0.2) is 0 Å². The lowest BCUT2D eigenvalue weighted by atomic mass is 9.72. The van der Waals surface area contributed by atoms with Crippen molar-refractivity contribution < 1.29 is 5.11 Å². The molecule has 1 rings (SSSR count). The van der Waals surface area contributed by atoms with Crippen LogP contribution in [0.2, 0.25) is 0 Å². The fourth-order valence-corrected chi connectivity index (χ4v) is 2.85. The van der Waals surface area contributed by atoms with Crippen molar-refractivity contribution in [3.63, 3.8) is 0 Å². The third-order valence-electron chi connectivity index (χ3n) is 3.38. The third-order valence-corrected chi connectivity index (χ3v) is 3.38. The van der Waals surface area contributed by atoms with Crippen LogP contribution in [-0.2, 0) is 0 Å². The first-order valence-electron chi connectivity index (χ1n) is 6.68. The average Bonchev–Trinajstić information content (AvgIpc) is 2.16. The highest BCUT2D eigenvalue weighted by molar-refractivity contribution is 4.82. The van der Waals surface area contributed by atoms with Crippen LogP contribution in [0.4, 0.5) is 0 Å². The second-order valence-corrected chi connectivity index (χ2v) is 5.41. The Hall–Kier alpha value is -0.0400. The van der Waals surface area contributed by atoms with E-state index in [0.29, 0.717) is 11.8 Å². The lowest BCUT2D eigenvalue weighted by molar-refractivity contribution is 0.00741. The fourth-order valence-electron chi connectivity index (χ4n) is 2.85. The van der Waals surface area contributed by atoms with Crippen molar-refractivity contribution in [3.05, 3.63) is 0 Å². The molecule has 1 aliphatic rings. The van der Waals surface area contributed by atoms with Crippen LogP contribution < -0.4 is 0 Å². The molecular formula is C14H30O. The quantitative estimate of drug-likeness (QED) is 0.733. The van der Waals surface area contributed by atoms with Crippen molar-refractivity contribution in [2.75, 3.05) is 0 Å². The number of hydrogen-bond acceptors (Lipinski definition) is 1. The van der Waals surface area contributed by atoms with E-state index in [-0.39, 0.29) is 6.10 Å². The van der Waals surface area contributed by atoms with Crippen LogP contribution >= 0.6 is 0 Å². The van der Waals surface area contributed by atoms with Gasteiger partial charge in [-0.1, -0.05) is 41.5 Å². The first-order valence-corrected chi connectivity index (χ1v) is 6.68. The molecule has 0 saturated heterocycles. The van der Waals surface area contributed by atoms with Gasteiger partial charge in [-0.3, -0.25) is 0 Å². The maximum Gasteiger partial charge on any atom is 0.0591 e. The van der Waals surface area contributed by atoms with Crippen molar-refractivity contribution in [1.82, 2.24) is 0 Å². The van der Waals surface area contributed by atoms with Gasteiger partial charge in [0.2, 0.25) is 0 Å². The second-order valence-electron chi connectivity index (χ2n) is 5.41. The van der Waals surface area contributed by atoms with E-state index >= 15 is 0 Å².